The minimum Gasteiger partial charge on any atom is -0.496 e. The molecule has 2 amide bonds. The zero-order chi connectivity index (χ0) is 24.1. The number of methoxy groups -OCH3 is 1. The molecule has 34 heavy (non-hydrogen) atoms. The average molecular weight is 485 g/mol. The van der Waals surface area contributed by atoms with Crippen molar-refractivity contribution in [3.05, 3.63) is 47.9 Å². The standard InChI is InChI=1S/C24H22ClFN4O4/c1-13-5-4-6-18(33-3)19(13)14-7-8-15-21(20(14)26)27-11-16-22(15)30-10-9-29(24(32)34-25)12-17(30)23(31)28(16)2/h4-8,11,17H,9-10,12H2,1-3H3. The number of piperazine rings is 1. The van der Waals surface area contributed by atoms with Gasteiger partial charge in [0, 0.05) is 36.7 Å². The fourth-order valence-corrected chi connectivity index (χ4v) is 5.02. The van der Waals surface area contributed by atoms with Gasteiger partial charge in [0.05, 0.1) is 31.2 Å². The summed E-state index contributed by atoms with van der Waals surface area (Å²) < 4.78 is 25.7. The van der Waals surface area contributed by atoms with Crippen LogP contribution in [0.1, 0.15) is 5.56 Å². The predicted octanol–water partition coefficient (Wildman–Crippen LogP) is 4.12. The summed E-state index contributed by atoms with van der Waals surface area (Å²) in [5.74, 6) is -0.0836. The minimum atomic E-state index is -0.704. The van der Waals surface area contributed by atoms with E-state index in [9.17, 15) is 9.59 Å². The molecule has 1 saturated heterocycles. The van der Waals surface area contributed by atoms with Crippen molar-refractivity contribution in [2.45, 2.75) is 13.0 Å². The molecule has 1 atom stereocenters. The molecule has 0 radical (unpaired) electrons. The number of rotatable bonds is 2. The molecule has 176 valence electrons. The number of hydrogen-bond donors (Lipinski definition) is 0. The van der Waals surface area contributed by atoms with Crippen molar-refractivity contribution in [2.24, 2.45) is 0 Å². The number of aromatic nitrogens is 1. The summed E-state index contributed by atoms with van der Waals surface area (Å²) in [6, 6.07) is 8.45. The Kier molecular flexibility index (Phi) is 5.44. The van der Waals surface area contributed by atoms with E-state index in [0.29, 0.717) is 46.7 Å². The average Bonchev–Trinajstić information content (AvgIpc) is 2.86. The molecule has 10 heteroatoms. The molecule has 0 N–H and O–H groups in total. The smallest absolute Gasteiger partial charge is 0.428 e. The van der Waals surface area contributed by atoms with Crippen molar-refractivity contribution >= 4 is 46.1 Å². The maximum Gasteiger partial charge on any atom is 0.428 e. The van der Waals surface area contributed by atoms with Crippen LogP contribution >= 0.6 is 11.9 Å². The highest BCUT2D eigenvalue weighted by molar-refractivity contribution is 6.14. The first kappa shape index (κ1) is 22.2. The fraction of sp³-hybridized carbons (Fsp3) is 0.292. The fourth-order valence-electron chi connectivity index (χ4n) is 4.92. The first-order valence-electron chi connectivity index (χ1n) is 10.7. The van der Waals surface area contributed by atoms with E-state index in [0.717, 1.165) is 5.56 Å². The summed E-state index contributed by atoms with van der Waals surface area (Å²) in [4.78, 5) is 34.2. The monoisotopic (exact) mass is 484 g/mol. The third-order valence-corrected chi connectivity index (χ3v) is 6.75. The summed E-state index contributed by atoms with van der Waals surface area (Å²) >= 11 is 5.24. The van der Waals surface area contributed by atoms with E-state index >= 15 is 4.39 Å². The summed E-state index contributed by atoms with van der Waals surface area (Å²) in [5, 5.41) is 0.587. The van der Waals surface area contributed by atoms with E-state index in [-0.39, 0.29) is 18.0 Å². The Morgan fingerprint density at radius 3 is 2.76 bits per heavy atom. The van der Waals surface area contributed by atoms with Crippen molar-refractivity contribution < 1.29 is 23.0 Å². The number of pyridine rings is 1. The van der Waals surface area contributed by atoms with Gasteiger partial charge < -0.3 is 23.7 Å². The van der Waals surface area contributed by atoms with Crippen LogP contribution in [-0.2, 0) is 9.08 Å². The van der Waals surface area contributed by atoms with Crippen LogP contribution in [0, 0.1) is 12.7 Å². The van der Waals surface area contributed by atoms with Crippen LogP contribution in [0.5, 0.6) is 5.75 Å². The number of aryl methyl sites for hydroxylation is 1. The van der Waals surface area contributed by atoms with Crippen LogP contribution in [-0.4, -0.2) is 61.7 Å². The van der Waals surface area contributed by atoms with Gasteiger partial charge in [-0.15, -0.1) is 0 Å². The van der Waals surface area contributed by atoms with Gasteiger partial charge in [-0.2, -0.15) is 0 Å². The first-order valence-corrected chi connectivity index (χ1v) is 11.0. The SMILES string of the molecule is COc1cccc(C)c1-c1ccc2c3c(cnc2c1F)N(C)C(=O)C1CN(C(=O)OCl)CCN31. The minimum absolute atomic E-state index is 0.110. The Bertz CT molecular complexity index is 1330. The van der Waals surface area contributed by atoms with Crippen molar-refractivity contribution in [1.82, 2.24) is 9.88 Å². The van der Waals surface area contributed by atoms with Crippen LogP contribution in [0.25, 0.3) is 22.0 Å². The Labute approximate surface area is 200 Å². The van der Waals surface area contributed by atoms with Crippen molar-refractivity contribution in [3.8, 4) is 16.9 Å². The van der Waals surface area contributed by atoms with Gasteiger partial charge in [0.2, 0.25) is 0 Å². The van der Waals surface area contributed by atoms with Crippen molar-refractivity contribution in [2.75, 3.05) is 43.6 Å². The number of likely N-dealkylation sites (N-methyl/N-ethyl adjacent to an activating group) is 1. The molecule has 0 aliphatic carbocycles. The zero-order valence-electron chi connectivity index (χ0n) is 18.8. The van der Waals surface area contributed by atoms with Gasteiger partial charge in [0.25, 0.3) is 5.91 Å². The lowest BCUT2D eigenvalue weighted by Gasteiger charge is -2.47. The molecule has 0 bridgehead atoms. The third-order valence-electron chi connectivity index (χ3n) is 6.62. The highest BCUT2D eigenvalue weighted by Gasteiger charge is 2.43. The third kappa shape index (κ3) is 3.22. The summed E-state index contributed by atoms with van der Waals surface area (Å²) in [6.45, 7) is 2.68. The highest BCUT2D eigenvalue weighted by Crippen LogP contribution is 2.44. The molecule has 1 fully saturated rings. The van der Waals surface area contributed by atoms with Crippen LogP contribution < -0.4 is 14.5 Å². The molecular formula is C24H22ClFN4O4. The number of carbonyl (C=O) groups excluding carboxylic acids is 2. The molecule has 0 saturated carbocycles. The van der Waals surface area contributed by atoms with Gasteiger partial charge in [-0.1, -0.05) is 18.2 Å². The van der Waals surface area contributed by atoms with Gasteiger partial charge in [-0.05, 0) is 24.6 Å². The summed E-state index contributed by atoms with van der Waals surface area (Å²) in [5.41, 5.74) is 3.43. The van der Waals surface area contributed by atoms with Crippen LogP contribution in [0.15, 0.2) is 36.5 Å². The molecule has 5 rings (SSSR count). The second kappa shape index (κ2) is 8.32. The number of carbonyl (C=O) groups is 2. The quantitative estimate of drug-likeness (QED) is 0.545. The lowest BCUT2D eigenvalue weighted by Crippen LogP contribution is -2.63. The van der Waals surface area contributed by atoms with Crippen molar-refractivity contribution in [1.29, 1.82) is 0 Å². The van der Waals surface area contributed by atoms with Gasteiger partial charge in [-0.3, -0.25) is 9.78 Å². The largest absolute Gasteiger partial charge is 0.496 e. The number of nitrogens with zero attached hydrogens (tertiary/aromatic N) is 4. The molecule has 3 heterocycles. The van der Waals surface area contributed by atoms with E-state index < -0.39 is 18.0 Å². The number of halogens is 2. The topological polar surface area (TPSA) is 75.2 Å². The van der Waals surface area contributed by atoms with Crippen LogP contribution in [0.3, 0.4) is 0 Å². The van der Waals surface area contributed by atoms with E-state index in [4.69, 9.17) is 16.6 Å². The molecule has 0 spiro atoms. The number of amides is 2. The number of anilines is 2. The zero-order valence-corrected chi connectivity index (χ0v) is 19.6. The Morgan fingerprint density at radius 2 is 2.03 bits per heavy atom. The highest BCUT2D eigenvalue weighted by atomic mass is 35.5. The van der Waals surface area contributed by atoms with E-state index in [2.05, 4.69) is 9.27 Å². The maximum absolute atomic E-state index is 15.9. The van der Waals surface area contributed by atoms with Crippen LogP contribution in [0.2, 0.25) is 0 Å². The lowest BCUT2D eigenvalue weighted by atomic mass is 9.95. The number of hydrogen-bond acceptors (Lipinski definition) is 6. The van der Waals surface area contributed by atoms with E-state index in [1.807, 2.05) is 30.0 Å². The van der Waals surface area contributed by atoms with Crippen molar-refractivity contribution in [3.63, 3.8) is 0 Å². The van der Waals surface area contributed by atoms with E-state index in [1.54, 1.807) is 26.3 Å². The Hall–Kier alpha value is -3.59. The molecule has 3 aromatic rings. The second-order valence-corrected chi connectivity index (χ2v) is 8.52. The van der Waals surface area contributed by atoms with E-state index in [1.165, 1.54) is 16.0 Å². The molecule has 1 unspecified atom stereocenters. The molecule has 2 aromatic carbocycles. The Morgan fingerprint density at radius 1 is 1.24 bits per heavy atom. The Balaban J connectivity index is 1.67. The summed E-state index contributed by atoms with van der Waals surface area (Å²) in [7, 11) is 3.20. The number of benzene rings is 2. The first-order chi connectivity index (χ1) is 16.4. The number of ether oxygens (including phenoxy) is 1. The van der Waals surface area contributed by atoms with Gasteiger partial charge >= 0.3 is 6.09 Å². The molecule has 8 nitrogen and oxygen atoms in total. The normalized spacial score (nSPS) is 17.5. The lowest BCUT2D eigenvalue weighted by molar-refractivity contribution is -0.120. The van der Waals surface area contributed by atoms with Gasteiger partial charge in [-0.25, -0.2) is 9.18 Å². The molecular weight excluding hydrogens is 463 g/mol. The maximum atomic E-state index is 15.9. The predicted molar refractivity (Wildman–Crippen MR) is 127 cm³/mol. The summed E-state index contributed by atoms with van der Waals surface area (Å²) in [6.07, 6.45) is 0.817. The van der Waals surface area contributed by atoms with Gasteiger partial charge in [0.1, 0.15) is 29.2 Å². The molecule has 2 aliphatic heterocycles. The molecule has 2 aliphatic rings. The van der Waals surface area contributed by atoms with Crippen LogP contribution in [0.4, 0.5) is 20.6 Å². The van der Waals surface area contributed by atoms with Gasteiger partial charge in [0.15, 0.2) is 5.82 Å². The number of fused-ring (bicyclic) bond motifs is 5. The molecule has 1 aromatic heterocycles. The second-order valence-electron chi connectivity index (χ2n) is 8.36.